The summed E-state index contributed by atoms with van der Waals surface area (Å²) in [6, 6.07) is 20.2. The van der Waals surface area contributed by atoms with Crippen molar-refractivity contribution in [3.05, 3.63) is 71.9 Å². The smallest absolute Gasteiger partial charge is 0.227 e. The number of nitrogens with one attached hydrogen (secondary N) is 1. The summed E-state index contributed by atoms with van der Waals surface area (Å²) in [4.78, 5) is 17.5. The molecule has 1 N–H and O–H groups in total. The fourth-order valence-corrected chi connectivity index (χ4v) is 4.51. The molecular weight excluding hydrogens is 372 g/mol. The van der Waals surface area contributed by atoms with Crippen LogP contribution < -0.4 is 10.1 Å². The first kappa shape index (κ1) is 20.4. The van der Waals surface area contributed by atoms with Gasteiger partial charge in [-0.1, -0.05) is 55.7 Å². The van der Waals surface area contributed by atoms with Crippen molar-refractivity contribution in [2.24, 2.45) is 5.92 Å². The minimum absolute atomic E-state index is 0.0681. The first-order chi connectivity index (χ1) is 14.7. The van der Waals surface area contributed by atoms with Crippen LogP contribution in [-0.2, 0) is 11.4 Å². The Morgan fingerprint density at radius 1 is 1.03 bits per heavy atom. The van der Waals surface area contributed by atoms with Crippen molar-refractivity contribution >= 4 is 16.8 Å². The van der Waals surface area contributed by atoms with Gasteiger partial charge in [0.15, 0.2) is 0 Å². The van der Waals surface area contributed by atoms with Gasteiger partial charge in [-0.3, -0.25) is 4.79 Å². The molecule has 1 heterocycles. The van der Waals surface area contributed by atoms with E-state index < -0.39 is 0 Å². The van der Waals surface area contributed by atoms with Gasteiger partial charge < -0.3 is 10.1 Å². The summed E-state index contributed by atoms with van der Waals surface area (Å²) < 4.78 is 5.97. The van der Waals surface area contributed by atoms with Crippen LogP contribution in [0.4, 0.5) is 0 Å². The van der Waals surface area contributed by atoms with Gasteiger partial charge in [0.2, 0.25) is 5.91 Å². The summed E-state index contributed by atoms with van der Waals surface area (Å²) in [7, 11) is 0. The third-order valence-electron chi connectivity index (χ3n) is 6.04. The predicted molar refractivity (Wildman–Crippen MR) is 121 cm³/mol. The molecule has 1 fully saturated rings. The highest BCUT2D eigenvalue weighted by Crippen LogP contribution is 2.36. The van der Waals surface area contributed by atoms with Crippen molar-refractivity contribution in [3.8, 4) is 5.75 Å². The lowest BCUT2D eigenvalue weighted by atomic mass is 9.76. The maximum absolute atomic E-state index is 12.8. The van der Waals surface area contributed by atoms with E-state index in [1.807, 2.05) is 43.3 Å². The number of carbonyl (C=O) groups is 1. The molecule has 0 spiro atoms. The monoisotopic (exact) mass is 402 g/mol. The number of benzene rings is 2. The zero-order chi connectivity index (χ0) is 20.8. The van der Waals surface area contributed by atoms with Crippen LogP contribution in [0.5, 0.6) is 5.75 Å². The molecule has 1 saturated carbocycles. The van der Waals surface area contributed by atoms with E-state index in [-0.39, 0.29) is 11.8 Å². The number of nitrogens with zero attached hydrogens (tertiary/aromatic N) is 1. The SMILES string of the molecule is CCNC(=O)C(c1ccc(OCc2ccc3ccccc3n2)cc1)C1CCCCC1. The lowest BCUT2D eigenvalue weighted by Crippen LogP contribution is -2.34. The summed E-state index contributed by atoms with van der Waals surface area (Å²) >= 11 is 0. The Labute approximate surface area is 178 Å². The van der Waals surface area contributed by atoms with Gasteiger partial charge in [-0.15, -0.1) is 0 Å². The first-order valence-corrected chi connectivity index (χ1v) is 11.1. The molecule has 1 unspecified atom stereocenters. The van der Waals surface area contributed by atoms with Gasteiger partial charge >= 0.3 is 0 Å². The van der Waals surface area contributed by atoms with Crippen molar-refractivity contribution < 1.29 is 9.53 Å². The summed E-state index contributed by atoms with van der Waals surface area (Å²) in [5.41, 5.74) is 2.97. The van der Waals surface area contributed by atoms with Crippen molar-refractivity contribution in [1.29, 1.82) is 0 Å². The third-order valence-corrected chi connectivity index (χ3v) is 6.04. The Kier molecular flexibility index (Phi) is 6.63. The Morgan fingerprint density at radius 3 is 2.57 bits per heavy atom. The number of ether oxygens (including phenoxy) is 1. The molecule has 0 aliphatic heterocycles. The van der Waals surface area contributed by atoms with Gasteiger partial charge in [-0.05, 0) is 55.5 Å². The fourth-order valence-electron chi connectivity index (χ4n) is 4.51. The molecule has 4 heteroatoms. The molecule has 3 aromatic rings. The van der Waals surface area contributed by atoms with E-state index in [0.717, 1.165) is 40.8 Å². The maximum Gasteiger partial charge on any atom is 0.227 e. The van der Waals surface area contributed by atoms with Gasteiger partial charge in [-0.2, -0.15) is 0 Å². The first-order valence-electron chi connectivity index (χ1n) is 11.1. The number of likely N-dealkylation sites (N-methyl/N-ethyl adjacent to an activating group) is 1. The molecule has 1 aromatic heterocycles. The van der Waals surface area contributed by atoms with Crippen molar-refractivity contribution in [2.45, 2.75) is 51.6 Å². The average molecular weight is 403 g/mol. The molecule has 0 saturated heterocycles. The fraction of sp³-hybridized carbons (Fsp3) is 0.385. The normalized spacial score (nSPS) is 15.6. The van der Waals surface area contributed by atoms with E-state index in [0.29, 0.717) is 19.1 Å². The second-order valence-corrected chi connectivity index (χ2v) is 8.12. The Balaban J connectivity index is 1.45. The van der Waals surface area contributed by atoms with Crippen LogP contribution >= 0.6 is 0 Å². The second kappa shape index (κ2) is 9.75. The molecule has 0 radical (unpaired) electrons. The number of para-hydroxylation sites is 1. The number of hydrogen-bond acceptors (Lipinski definition) is 3. The van der Waals surface area contributed by atoms with Gasteiger partial charge in [0.25, 0.3) is 0 Å². The summed E-state index contributed by atoms with van der Waals surface area (Å²) in [5.74, 6) is 1.31. The van der Waals surface area contributed by atoms with Crippen LogP contribution in [0, 0.1) is 5.92 Å². The summed E-state index contributed by atoms with van der Waals surface area (Å²) in [5, 5.41) is 4.17. The van der Waals surface area contributed by atoms with Crippen LogP contribution in [0.15, 0.2) is 60.7 Å². The summed E-state index contributed by atoms with van der Waals surface area (Å²) in [6.07, 6.45) is 6.00. The molecule has 1 amide bonds. The predicted octanol–water partition coefficient (Wildman–Crippen LogP) is 5.61. The molecule has 2 aromatic carbocycles. The minimum Gasteiger partial charge on any atom is -0.487 e. The highest BCUT2D eigenvalue weighted by molar-refractivity contribution is 5.84. The largest absolute Gasteiger partial charge is 0.487 e. The van der Waals surface area contributed by atoms with Crippen molar-refractivity contribution in [2.75, 3.05) is 6.54 Å². The molecule has 4 rings (SSSR count). The number of pyridine rings is 1. The lowest BCUT2D eigenvalue weighted by Gasteiger charge is -2.29. The summed E-state index contributed by atoms with van der Waals surface area (Å²) in [6.45, 7) is 3.07. The second-order valence-electron chi connectivity index (χ2n) is 8.12. The highest BCUT2D eigenvalue weighted by Gasteiger charge is 2.30. The Morgan fingerprint density at radius 2 is 1.80 bits per heavy atom. The van der Waals surface area contributed by atoms with Crippen LogP contribution in [0.2, 0.25) is 0 Å². The van der Waals surface area contributed by atoms with Crippen molar-refractivity contribution in [3.63, 3.8) is 0 Å². The molecule has 1 aliphatic rings. The van der Waals surface area contributed by atoms with Gasteiger partial charge in [0.1, 0.15) is 12.4 Å². The Bertz CT molecular complexity index is 978. The van der Waals surface area contributed by atoms with E-state index in [9.17, 15) is 4.79 Å². The van der Waals surface area contributed by atoms with E-state index in [4.69, 9.17) is 4.74 Å². The van der Waals surface area contributed by atoms with Crippen LogP contribution in [0.25, 0.3) is 10.9 Å². The topological polar surface area (TPSA) is 51.2 Å². The minimum atomic E-state index is -0.0681. The van der Waals surface area contributed by atoms with Crippen LogP contribution in [-0.4, -0.2) is 17.4 Å². The van der Waals surface area contributed by atoms with Gasteiger partial charge in [-0.25, -0.2) is 4.98 Å². The maximum atomic E-state index is 12.8. The number of aromatic nitrogens is 1. The van der Waals surface area contributed by atoms with E-state index in [2.05, 4.69) is 34.6 Å². The van der Waals surface area contributed by atoms with E-state index in [1.165, 1.54) is 19.3 Å². The number of carbonyl (C=O) groups excluding carboxylic acids is 1. The highest BCUT2D eigenvalue weighted by atomic mass is 16.5. The molecule has 30 heavy (non-hydrogen) atoms. The van der Waals surface area contributed by atoms with E-state index >= 15 is 0 Å². The number of amides is 1. The molecule has 4 nitrogen and oxygen atoms in total. The molecule has 0 bridgehead atoms. The zero-order valence-electron chi connectivity index (χ0n) is 17.6. The van der Waals surface area contributed by atoms with E-state index in [1.54, 1.807) is 0 Å². The number of hydrogen-bond donors (Lipinski definition) is 1. The quantitative estimate of drug-likeness (QED) is 0.558. The van der Waals surface area contributed by atoms with Gasteiger partial charge in [0.05, 0.1) is 17.1 Å². The molecule has 156 valence electrons. The van der Waals surface area contributed by atoms with Gasteiger partial charge in [0, 0.05) is 11.9 Å². The molecule has 1 aliphatic carbocycles. The number of rotatable bonds is 7. The molecule has 1 atom stereocenters. The van der Waals surface area contributed by atoms with Crippen LogP contribution in [0.3, 0.4) is 0 Å². The third kappa shape index (κ3) is 4.81. The number of fused-ring (bicyclic) bond motifs is 1. The van der Waals surface area contributed by atoms with Crippen LogP contribution in [0.1, 0.15) is 56.2 Å². The standard InChI is InChI=1S/C26H30N2O2/c1-2-27-26(29)25(20-9-4-3-5-10-20)21-13-16-23(17-14-21)30-18-22-15-12-19-8-6-7-11-24(19)28-22/h6-8,11-17,20,25H,2-5,9-10,18H2,1H3,(H,27,29). The lowest BCUT2D eigenvalue weighted by molar-refractivity contribution is -0.124. The average Bonchev–Trinajstić information content (AvgIpc) is 2.79. The zero-order valence-corrected chi connectivity index (χ0v) is 17.6. The van der Waals surface area contributed by atoms with Crippen molar-refractivity contribution in [1.82, 2.24) is 10.3 Å². The molecular formula is C26H30N2O2. The Hall–Kier alpha value is -2.88.